The van der Waals surface area contributed by atoms with Crippen molar-refractivity contribution < 1.29 is 4.79 Å². The third-order valence-corrected chi connectivity index (χ3v) is 7.13. The fourth-order valence-electron chi connectivity index (χ4n) is 4.14. The number of rotatable bonds is 13. The van der Waals surface area contributed by atoms with E-state index in [1.807, 2.05) is 48.5 Å². The first-order valence-electron chi connectivity index (χ1n) is 13.0. The monoisotopic (exact) mass is 497 g/mol. The number of H-pyrrole nitrogens is 1. The van der Waals surface area contributed by atoms with Crippen molar-refractivity contribution >= 4 is 17.7 Å². The minimum atomic E-state index is 0.00815. The molecule has 0 saturated heterocycles. The van der Waals surface area contributed by atoms with E-state index in [1.165, 1.54) is 24.8 Å². The highest BCUT2D eigenvalue weighted by Crippen LogP contribution is 2.32. The van der Waals surface area contributed by atoms with E-state index in [9.17, 15) is 4.79 Å². The number of thioether (sulfide) groups is 1. The van der Waals surface area contributed by atoms with Crippen molar-refractivity contribution in [3.8, 4) is 22.5 Å². The molecule has 0 aliphatic rings. The quantitative estimate of drug-likeness (QED) is 0.146. The van der Waals surface area contributed by atoms with Crippen LogP contribution in [0.1, 0.15) is 54.9 Å². The second-order valence-electron chi connectivity index (χ2n) is 8.96. The molecule has 5 heteroatoms. The van der Waals surface area contributed by atoms with Gasteiger partial charge in [0.2, 0.25) is 0 Å². The first-order valence-corrected chi connectivity index (χ1v) is 13.9. The number of hydrogen-bond acceptors (Lipinski definition) is 3. The SMILES string of the molecule is CCCCCc1ccc(C(=O)NCCCCSc2nc(-c3ccccc3)c(-c3ccccc3)[nH]2)cc1. The van der Waals surface area contributed by atoms with Gasteiger partial charge in [0.1, 0.15) is 0 Å². The number of carbonyl (C=O) groups excluding carboxylic acids is 1. The van der Waals surface area contributed by atoms with E-state index in [-0.39, 0.29) is 5.91 Å². The van der Waals surface area contributed by atoms with Crippen molar-refractivity contribution in [2.75, 3.05) is 12.3 Å². The minimum Gasteiger partial charge on any atom is -0.352 e. The average molecular weight is 498 g/mol. The molecule has 0 aliphatic heterocycles. The number of aryl methyl sites for hydroxylation is 1. The zero-order chi connectivity index (χ0) is 25.0. The lowest BCUT2D eigenvalue weighted by Gasteiger charge is -2.06. The van der Waals surface area contributed by atoms with Gasteiger partial charge < -0.3 is 10.3 Å². The molecule has 4 aromatic rings. The topological polar surface area (TPSA) is 57.8 Å². The summed E-state index contributed by atoms with van der Waals surface area (Å²) in [5.74, 6) is 0.951. The van der Waals surface area contributed by atoms with Gasteiger partial charge in [-0.2, -0.15) is 0 Å². The molecule has 36 heavy (non-hydrogen) atoms. The Morgan fingerprint density at radius 3 is 2.22 bits per heavy atom. The Morgan fingerprint density at radius 1 is 0.833 bits per heavy atom. The summed E-state index contributed by atoms with van der Waals surface area (Å²) in [5, 5.41) is 3.98. The first-order chi connectivity index (χ1) is 17.7. The highest BCUT2D eigenvalue weighted by Gasteiger charge is 2.14. The second kappa shape index (κ2) is 13.7. The van der Waals surface area contributed by atoms with Crippen LogP contribution in [0.5, 0.6) is 0 Å². The maximum Gasteiger partial charge on any atom is 0.251 e. The molecule has 4 nitrogen and oxygen atoms in total. The number of amides is 1. The predicted octanol–water partition coefficient (Wildman–Crippen LogP) is 7.78. The molecular weight excluding hydrogens is 462 g/mol. The highest BCUT2D eigenvalue weighted by molar-refractivity contribution is 7.99. The number of aromatic nitrogens is 2. The molecule has 1 amide bonds. The van der Waals surface area contributed by atoms with Crippen LogP contribution in [0.3, 0.4) is 0 Å². The molecule has 3 aromatic carbocycles. The van der Waals surface area contributed by atoms with Gasteiger partial charge in [0.15, 0.2) is 5.16 Å². The Morgan fingerprint density at radius 2 is 1.53 bits per heavy atom. The van der Waals surface area contributed by atoms with Gasteiger partial charge in [0.05, 0.1) is 11.4 Å². The van der Waals surface area contributed by atoms with Crippen LogP contribution < -0.4 is 5.32 Å². The average Bonchev–Trinajstić information content (AvgIpc) is 3.36. The fourth-order valence-corrected chi connectivity index (χ4v) is 5.01. The van der Waals surface area contributed by atoms with Crippen molar-refractivity contribution in [3.63, 3.8) is 0 Å². The molecule has 0 bridgehead atoms. The van der Waals surface area contributed by atoms with Crippen molar-refractivity contribution in [1.82, 2.24) is 15.3 Å². The van der Waals surface area contributed by atoms with E-state index in [4.69, 9.17) is 4.98 Å². The number of nitrogens with one attached hydrogen (secondary N) is 2. The number of benzene rings is 3. The third kappa shape index (κ3) is 7.34. The Labute approximate surface area is 219 Å². The normalized spacial score (nSPS) is 10.9. The van der Waals surface area contributed by atoms with E-state index in [0.29, 0.717) is 6.54 Å². The van der Waals surface area contributed by atoms with Gasteiger partial charge in [-0.3, -0.25) is 4.79 Å². The van der Waals surface area contributed by atoms with Crippen LogP contribution in [0.25, 0.3) is 22.5 Å². The molecule has 0 fully saturated rings. The zero-order valence-corrected chi connectivity index (χ0v) is 21.8. The maximum absolute atomic E-state index is 12.4. The van der Waals surface area contributed by atoms with Gasteiger partial charge in [-0.25, -0.2) is 4.98 Å². The first kappa shape index (κ1) is 25.8. The molecule has 1 heterocycles. The van der Waals surface area contributed by atoms with E-state index in [0.717, 1.165) is 58.2 Å². The Kier molecular flexibility index (Phi) is 9.80. The summed E-state index contributed by atoms with van der Waals surface area (Å²) in [5.41, 5.74) is 6.31. The molecule has 4 rings (SSSR count). The van der Waals surface area contributed by atoms with E-state index in [2.05, 4.69) is 53.6 Å². The second-order valence-corrected chi connectivity index (χ2v) is 10.0. The number of hydrogen-bond donors (Lipinski definition) is 2. The smallest absolute Gasteiger partial charge is 0.251 e. The third-order valence-electron chi connectivity index (χ3n) is 6.17. The number of aromatic amines is 1. The van der Waals surface area contributed by atoms with Crippen LogP contribution in [0.4, 0.5) is 0 Å². The minimum absolute atomic E-state index is 0.00815. The Balaban J connectivity index is 1.24. The number of nitrogens with zero attached hydrogens (tertiary/aromatic N) is 1. The van der Waals surface area contributed by atoms with Crippen LogP contribution in [-0.4, -0.2) is 28.2 Å². The lowest BCUT2D eigenvalue weighted by Crippen LogP contribution is -2.24. The number of unbranched alkanes of at least 4 members (excludes halogenated alkanes) is 3. The van der Waals surface area contributed by atoms with Gasteiger partial charge in [-0.15, -0.1) is 0 Å². The largest absolute Gasteiger partial charge is 0.352 e. The number of carbonyl (C=O) groups is 1. The highest BCUT2D eigenvalue weighted by atomic mass is 32.2. The summed E-state index contributed by atoms with van der Waals surface area (Å²) in [6.07, 6.45) is 6.71. The van der Waals surface area contributed by atoms with Gasteiger partial charge in [0, 0.05) is 29.0 Å². The van der Waals surface area contributed by atoms with Crippen LogP contribution in [-0.2, 0) is 6.42 Å². The maximum atomic E-state index is 12.4. The van der Waals surface area contributed by atoms with Crippen LogP contribution in [0, 0.1) is 0 Å². The molecule has 1 aromatic heterocycles. The Hall–Kier alpha value is -3.31. The molecular formula is C31H35N3OS. The van der Waals surface area contributed by atoms with E-state index >= 15 is 0 Å². The fraction of sp³-hybridized carbons (Fsp3) is 0.290. The molecule has 2 N–H and O–H groups in total. The van der Waals surface area contributed by atoms with Crippen molar-refractivity contribution in [3.05, 3.63) is 96.1 Å². The lowest BCUT2D eigenvalue weighted by molar-refractivity contribution is 0.0953. The van der Waals surface area contributed by atoms with Crippen molar-refractivity contribution in [2.45, 2.75) is 50.6 Å². The van der Waals surface area contributed by atoms with Gasteiger partial charge in [-0.1, -0.05) is 104 Å². The van der Waals surface area contributed by atoms with E-state index in [1.54, 1.807) is 11.8 Å². The van der Waals surface area contributed by atoms with Crippen LogP contribution in [0.15, 0.2) is 90.1 Å². The lowest BCUT2D eigenvalue weighted by atomic mass is 10.1. The molecule has 186 valence electrons. The zero-order valence-electron chi connectivity index (χ0n) is 21.0. The van der Waals surface area contributed by atoms with Gasteiger partial charge in [-0.05, 0) is 43.4 Å². The summed E-state index contributed by atoms with van der Waals surface area (Å²) in [7, 11) is 0. The molecule has 0 spiro atoms. The number of imidazole rings is 1. The van der Waals surface area contributed by atoms with E-state index < -0.39 is 0 Å². The molecule has 0 atom stereocenters. The summed E-state index contributed by atoms with van der Waals surface area (Å²) in [6, 6.07) is 28.7. The molecule has 0 aliphatic carbocycles. The summed E-state index contributed by atoms with van der Waals surface area (Å²) in [6.45, 7) is 2.90. The molecule has 0 saturated carbocycles. The Bertz CT molecular complexity index is 1150. The van der Waals surface area contributed by atoms with Gasteiger partial charge >= 0.3 is 0 Å². The molecule has 0 radical (unpaired) electrons. The van der Waals surface area contributed by atoms with Crippen LogP contribution in [0.2, 0.25) is 0 Å². The molecule has 0 unspecified atom stereocenters. The summed E-state index contributed by atoms with van der Waals surface area (Å²) >= 11 is 1.73. The summed E-state index contributed by atoms with van der Waals surface area (Å²) in [4.78, 5) is 20.9. The van der Waals surface area contributed by atoms with Crippen LogP contribution >= 0.6 is 11.8 Å². The van der Waals surface area contributed by atoms with Crippen molar-refractivity contribution in [1.29, 1.82) is 0 Å². The van der Waals surface area contributed by atoms with Gasteiger partial charge in [0.25, 0.3) is 5.91 Å². The van der Waals surface area contributed by atoms with Crippen molar-refractivity contribution in [2.24, 2.45) is 0 Å². The summed E-state index contributed by atoms with van der Waals surface area (Å²) < 4.78 is 0. The predicted molar refractivity (Wildman–Crippen MR) is 151 cm³/mol. The standard InChI is InChI=1S/C31H35N3OS/c1-2-3-6-13-24-18-20-27(21-19-24)30(35)32-22-11-12-23-36-31-33-28(25-14-7-4-8-15-25)29(34-31)26-16-9-5-10-17-26/h4-5,7-10,14-21H,2-3,6,11-13,22-23H2,1H3,(H,32,35)(H,33,34).